The van der Waals surface area contributed by atoms with Gasteiger partial charge >= 0.3 is 0 Å². The van der Waals surface area contributed by atoms with Crippen LogP contribution < -0.4 is 4.74 Å². The van der Waals surface area contributed by atoms with Crippen LogP contribution in [0.4, 0.5) is 0 Å². The lowest BCUT2D eigenvalue weighted by Crippen LogP contribution is -2.48. The van der Waals surface area contributed by atoms with Crippen molar-refractivity contribution in [1.82, 2.24) is 24.6 Å². The summed E-state index contributed by atoms with van der Waals surface area (Å²) in [5, 5.41) is 11.9. The Labute approximate surface area is 209 Å². The molecular weight excluding hydrogens is 458 g/mol. The Morgan fingerprint density at radius 2 is 1.69 bits per heavy atom. The third-order valence-corrected chi connectivity index (χ3v) is 7.51. The van der Waals surface area contributed by atoms with Crippen molar-refractivity contribution in [2.75, 3.05) is 39.0 Å². The normalized spacial score (nSPS) is 14.4. The number of thioether (sulfide) groups is 1. The molecule has 0 saturated carbocycles. The van der Waals surface area contributed by atoms with Crippen LogP contribution in [0.25, 0.3) is 22.2 Å². The SMILES string of the molecule is COc1ccc(-c2nnc(SCC(=O)N3CCN(Cc4cccc5ccccc45)CC3)n2C)cc1. The van der Waals surface area contributed by atoms with Crippen molar-refractivity contribution < 1.29 is 9.53 Å². The van der Waals surface area contributed by atoms with Gasteiger partial charge in [-0.15, -0.1) is 10.2 Å². The number of fused-ring (bicyclic) bond motifs is 1. The Morgan fingerprint density at radius 3 is 2.46 bits per heavy atom. The van der Waals surface area contributed by atoms with Gasteiger partial charge in [-0.25, -0.2) is 0 Å². The minimum Gasteiger partial charge on any atom is -0.497 e. The molecule has 1 aliphatic rings. The highest BCUT2D eigenvalue weighted by atomic mass is 32.2. The Kier molecular flexibility index (Phi) is 7.01. The molecule has 1 fully saturated rings. The molecule has 1 amide bonds. The van der Waals surface area contributed by atoms with E-state index in [0.29, 0.717) is 5.75 Å². The molecule has 3 aromatic carbocycles. The van der Waals surface area contributed by atoms with E-state index < -0.39 is 0 Å². The van der Waals surface area contributed by atoms with Gasteiger partial charge in [0.15, 0.2) is 11.0 Å². The number of methoxy groups -OCH3 is 1. The lowest BCUT2D eigenvalue weighted by molar-refractivity contribution is -0.130. The van der Waals surface area contributed by atoms with Gasteiger partial charge in [-0.05, 0) is 40.6 Å². The topological polar surface area (TPSA) is 63.5 Å². The second kappa shape index (κ2) is 10.5. The maximum atomic E-state index is 12.9. The van der Waals surface area contributed by atoms with Crippen LogP contribution in [-0.2, 0) is 18.4 Å². The first-order chi connectivity index (χ1) is 17.1. The predicted octanol–water partition coefficient (Wildman–Crippen LogP) is 4.08. The van der Waals surface area contributed by atoms with Crippen LogP contribution in [0.2, 0.25) is 0 Å². The van der Waals surface area contributed by atoms with Crippen LogP contribution in [0.5, 0.6) is 5.75 Å². The van der Waals surface area contributed by atoms with Crippen LogP contribution >= 0.6 is 11.8 Å². The van der Waals surface area contributed by atoms with Crippen molar-refractivity contribution in [3.05, 3.63) is 72.3 Å². The third-order valence-electron chi connectivity index (χ3n) is 6.51. The Balaban J connectivity index is 1.14. The van der Waals surface area contributed by atoms with Crippen molar-refractivity contribution in [3.63, 3.8) is 0 Å². The number of nitrogens with zero attached hydrogens (tertiary/aromatic N) is 5. The minimum absolute atomic E-state index is 0.147. The summed E-state index contributed by atoms with van der Waals surface area (Å²) in [6.45, 7) is 4.17. The van der Waals surface area contributed by atoms with E-state index in [-0.39, 0.29) is 5.91 Å². The van der Waals surface area contributed by atoms with E-state index in [2.05, 4.69) is 57.6 Å². The zero-order valence-corrected chi connectivity index (χ0v) is 20.9. The zero-order valence-electron chi connectivity index (χ0n) is 20.1. The first-order valence-corrected chi connectivity index (χ1v) is 12.7. The van der Waals surface area contributed by atoms with Gasteiger partial charge in [-0.1, -0.05) is 54.2 Å². The summed E-state index contributed by atoms with van der Waals surface area (Å²) in [6, 6.07) is 22.7. The molecule has 0 radical (unpaired) electrons. The number of benzene rings is 3. The fourth-order valence-electron chi connectivity index (χ4n) is 4.48. The minimum atomic E-state index is 0.147. The maximum Gasteiger partial charge on any atom is 0.233 e. The average molecular weight is 488 g/mol. The molecule has 0 unspecified atom stereocenters. The summed E-state index contributed by atoms with van der Waals surface area (Å²) in [5.74, 6) is 2.07. The molecule has 1 aliphatic heterocycles. The van der Waals surface area contributed by atoms with Gasteiger partial charge in [0.1, 0.15) is 5.75 Å². The number of carbonyl (C=O) groups excluding carboxylic acids is 1. The molecule has 5 rings (SSSR count). The molecule has 0 aliphatic carbocycles. The van der Waals surface area contributed by atoms with Crippen LogP contribution in [0.1, 0.15) is 5.56 Å². The molecular formula is C27H29N5O2S. The zero-order chi connectivity index (χ0) is 24.2. The van der Waals surface area contributed by atoms with E-state index in [9.17, 15) is 4.79 Å². The number of amides is 1. The molecule has 8 heteroatoms. The number of hydrogen-bond donors (Lipinski definition) is 0. The van der Waals surface area contributed by atoms with Gasteiger partial charge in [0.2, 0.25) is 5.91 Å². The molecule has 1 aromatic heterocycles. The molecule has 4 aromatic rings. The standard InChI is InChI=1S/C27H29N5O2S/c1-30-26(21-10-12-23(34-2)13-11-21)28-29-27(30)35-19-25(33)32-16-14-31(15-17-32)18-22-8-5-7-20-6-3-4-9-24(20)22/h3-13H,14-19H2,1-2H3. The fourth-order valence-corrected chi connectivity index (χ4v) is 5.29. The van der Waals surface area contributed by atoms with E-state index in [1.54, 1.807) is 7.11 Å². The van der Waals surface area contributed by atoms with Crippen LogP contribution in [-0.4, -0.2) is 69.5 Å². The molecule has 0 N–H and O–H groups in total. The largest absolute Gasteiger partial charge is 0.497 e. The van der Waals surface area contributed by atoms with E-state index in [1.807, 2.05) is 40.8 Å². The predicted molar refractivity (Wildman–Crippen MR) is 140 cm³/mol. The lowest BCUT2D eigenvalue weighted by Gasteiger charge is -2.35. The quantitative estimate of drug-likeness (QED) is 0.366. The number of aromatic nitrogens is 3. The summed E-state index contributed by atoms with van der Waals surface area (Å²) < 4.78 is 7.16. The monoisotopic (exact) mass is 487 g/mol. The van der Waals surface area contributed by atoms with E-state index in [0.717, 1.165) is 55.0 Å². The van der Waals surface area contributed by atoms with Crippen molar-refractivity contribution >= 4 is 28.4 Å². The van der Waals surface area contributed by atoms with Crippen LogP contribution in [0.3, 0.4) is 0 Å². The Bertz CT molecular complexity index is 1310. The van der Waals surface area contributed by atoms with Gasteiger partial charge in [-0.2, -0.15) is 0 Å². The number of hydrogen-bond acceptors (Lipinski definition) is 6. The summed E-state index contributed by atoms with van der Waals surface area (Å²) in [5.41, 5.74) is 2.30. The van der Waals surface area contributed by atoms with Gasteiger partial charge in [-0.3, -0.25) is 9.69 Å². The van der Waals surface area contributed by atoms with Crippen molar-refractivity contribution in [3.8, 4) is 17.1 Å². The van der Waals surface area contributed by atoms with Gasteiger partial charge in [0, 0.05) is 45.3 Å². The number of rotatable bonds is 7. The number of carbonyl (C=O) groups is 1. The van der Waals surface area contributed by atoms with Crippen LogP contribution in [0, 0.1) is 0 Å². The molecule has 0 atom stereocenters. The molecule has 180 valence electrons. The number of ether oxygens (including phenoxy) is 1. The Morgan fingerprint density at radius 1 is 0.943 bits per heavy atom. The molecule has 0 bridgehead atoms. The highest BCUT2D eigenvalue weighted by molar-refractivity contribution is 7.99. The highest BCUT2D eigenvalue weighted by Crippen LogP contribution is 2.25. The second-order valence-electron chi connectivity index (χ2n) is 8.68. The van der Waals surface area contributed by atoms with Gasteiger partial charge in [0.05, 0.1) is 12.9 Å². The summed E-state index contributed by atoms with van der Waals surface area (Å²) in [4.78, 5) is 17.3. The van der Waals surface area contributed by atoms with Gasteiger partial charge in [0.25, 0.3) is 0 Å². The van der Waals surface area contributed by atoms with E-state index >= 15 is 0 Å². The molecule has 2 heterocycles. The van der Waals surface area contributed by atoms with Gasteiger partial charge < -0.3 is 14.2 Å². The summed E-state index contributed by atoms with van der Waals surface area (Å²) >= 11 is 1.44. The van der Waals surface area contributed by atoms with Crippen molar-refractivity contribution in [2.24, 2.45) is 7.05 Å². The second-order valence-corrected chi connectivity index (χ2v) is 9.62. The summed E-state index contributed by atoms with van der Waals surface area (Å²) in [7, 11) is 3.58. The van der Waals surface area contributed by atoms with Crippen molar-refractivity contribution in [1.29, 1.82) is 0 Å². The number of piperazine rings is 1. The van der Waals surface area contributed by atoms with E-state index in [4.69, 9.17) is 4.74 Å². The Hall–Kier alpha value is -3.36. The molecule has 0 spiro atoms. The summed E-state index contributed by atoms with van der Waals surface area (Å²) in [6.07, 6.45) is 0. The lowest BCUT2D eigenvalue weighted by atomic mass is 10.0. The van der Waals surface area contributed by atoms with Crippen LogP contribution in [0.15, 0.2) is 71.9 Å². The molecule has 7 nitrogen and oxygen atoms in total. The third kappa shape index (κ3) is 5.18. The average Bonchev–Trinajstić information content (AvgIpc) is 3.28. The molecule has 35 heavy (non-hydrogen) atoms. The first-order valence-electron chi connectivity index (χ1n) is 11.8. The smallest absolute Gasteiger partial charge is 0.233 e. The fraction of sp³-hybridized carbons (Fsp3) is 0.296. The van der Waals surface area contributed by atoms with E-state index in [1.165, 1.54) is 28.1 Å². The maximum absolute atomic E-state index is 12.9. The highest BCUT2D eigenvalue weighted by Gasteiger charge is 2.22. The van der Waals surface area contributed by atoms with Crippen molar-refractivity contribution in [2.45, 2.75) is 11.7 Å². The first kappa shape index (κ1) is 23.4. The molecule has 1 saturated heterocycles.